The average molecular weight is 264 g/mol. The maximum Gasteiger partial charge on any atom is 0.250 e. The van der Waals surface area contributed by atoms with Crippen LogP contribution in [0.2, 0.25) is 0 Å². The number of hydrogen-bond donors (Lipinski definition) is 3. The highest BCUT2D eigenvalue weighted by Crippen LogP contribution is 2.18. The molecule has 106 valence electrons. The predicted molar refractivity (Wildman–Crippen MR) is 80.2 cm³/mol. The molecule has 0 saturated carbocycles. The number of likely N-dealkylation sites (N-methyl/N-ethyl adjacent to an activating group) is 1. The van der Waals surface area contributed by atoms with Crippen LogP contribution in [0, 0.1) is 0 Å². The van der Waals surface area contributed by atoms with Crippen molar-refractivity contribution in [2.24, 2.45) is 5.73 Å². The van der Waals surface area contributed by atoms with Gasteiger partial charge in [-0.05, 0) is 38.6 Å². The second kappa shape index (κ2) is 6.99. The summed E-state index contributed by atoms with van der Waals surface area (Å²) in [4.78, 5) is 13.6. The maximum absolute atomic E-state index is 11.3. The van der Waals surface area contributed by atoms with Crippen molar-refractivity contribution in [2.75, 3.05) is 31.2 Å². The van der Waals surface area contributed by atoms with Crippen LogP contribution < -0.4 is 16.8 Å². The number of rotatable bonds is 7. The molecule has 0 aliphatic rings. The average Bonchev–Trinajstić information content (AvgIpc) is 2.37. The molecule has 5 heteroatoms. The molecule has 0 spiro atoms. The Bertz CT molecular complexity index is 433. The highest BCUT2D eigenvalue weighted by atomic mass is 16.1. The Kier molecular flexibility index (Phi) is 5.63. The molecule has 0 aliphatic carbocycles. The summed E-state index contributed by atoms with van der Waals surface area (Å²) in [6.07, 6.45) is 1.11. The van der Waals surface area contributed by atoms with E-state index < -0.39 is 5.91 Å². The van der Waals surface area contributed by atoms with Gasteiger partial charge in [0.2, 0.25) is 0 Å². The molecule has 1 aromatic carbocycles. The fourth-order valence-corrected chi connectivity index (χ4v) is 1.82. The standard InChI is InChI=1S/C14H24N4O/c1-4-10(2)18(3)8-7-17-13-9-11(15)5-6-12(13)14(16)19/h5-6,9-10,17H,4,7-8,15H2,1-3H3,(H2,16,19). The lowest BCUT2D eigenvalue weighted by Gasteiger charge is -2.24. The van der Waals surface area contributed by atoms with Gasteiger partial charge in [0.25, 0.3) is 5.91 Å². The van der Waals surface area contributed by atoms with E-state index in [1.54, 1.807) is 18.2 Å². The van der Waals surface area contributed by atoms with E-state index in [2.05, 4.69) is 31.1 Å². The van der Waals surface area contributed by atoms with Crippen LogP contribution in [0.15, 0.2) is 18.2 Å². The maximum atomic E-state index is 11.3. The van der Waals surface area contributed by atoms with Crippen molar-refractivity contribution in [1.29, 1.82) is 0 Å². The molecule has 1 rings (SSSR count). The minimum Gasteiger partial charge on any atom is -0.399 e. The first-order chi connectivity index (χ1) is 8.95. The molecule has 0 bridgehead atoms. The number of nitrogens with one attached hydrogen (secondary N) is 1. The van der Waals surface area contributed by atoms with Gasteiger partial charge in [0.1, 0.15) is 0 Å². The first-order valence-electron chi connectivity index (χ1n) is 6.59. The Labute approximate surface area is 115 Å². The minimum absolute atomic E-state index is 0.446. The van der Waals surface area contributed by atoms with Crippen LogP contribution in [-0.4, -0.2) is 37.0 Å². The van der Waals surface area contributed by atoms with Crippen LogP contribution in [0.4, 0.5) is 11.4 Å². The van der Waals surface area contributed by atoms with E-state index in [0.29, 0.717) is 23.0 Å². The molecule has 5 N–H and O–H groups in total. The fourth-order valence-electron chi connectivity index (χ4n) is 1.82. The van der Waals surface area contributed by atoms with Gasteiger partial charge in [-0.1, -0.05) is 6.92 Å². The van der Waals surface area contributed by atoms with Crippen molar-refractivity contribution in [3.63, 3.8) is 0 Å². The van der Waals surface area contributed by atoms with Crippen molar-refractivity contribution in [1.82, 2.24) is 4.90 Å². The molecule has 19 heavy (non-hydrogen) atoms. The Morgan fingerprint density at radius 3 is 2.74 bits per heavy atom. The number of nitrogens with two attached hydrogens (primary N) is 2. The van der Waals surface area contributed by atoms with Crippen LogP contribution in [0.25, 0.3) is 0 Å². The third kappa shape index (κ3) is 4.44. The molecular weight excluding hydrogens is 240 g/mol. The lowest BCUT2D eigenvalue weighted by molar-refractivity contribution is 0.100. The van der Waals surface area contributed by atoms with Gasteiger partial charge < -0.3 is 21.7 Å². The Morgan fingerprint density at radius 2 is 2.16 bits per heavy atom. The number of hydrogen-bond acceptors (Lipinski definition) is 4. The highest BCUT2D eigenvalue weighted by Gasteiger charge is 2.09. The zero-order chi connectivity index (χ0) is 14.4. The molecule has 5 nitrogen and oxygen atoms in total. The first-order valence-corrected chi connectivity index (χ1v) is 6.59. The lowest BCUT2D eigenvalue weighted by atomic mass is 10.1. The summed E-state index contributed by atoms with van der Waals surface area (Å²) in [5.74, 6) is -0.446. The van der Waals surface area contributed by atoms with Crippen LogP contribution >= 0.6 is 0 Å². The largest absolute Gasteiger partial charge is 0.399 e. The van der Waals surface area contributed by atoms with Gasteiger partial charge in [-0.15, -0.1) is 0 Å². The molecule has 1 aromatic rings. The quantitative estimate of drug-likeness (QED) is 0.652. The van der Waals surface area contributed by atoms with Gasteiger partial charge in [0.15, 0.2) is 0 Å². The third-order valence-electron chi connectivity index (χ3n) is 3.43. The normalized spacial score (nSPS) is 12.4. The number of carbonyl (C=O) groups is 1. The molecular formula is C14H24N4O. The Balaban J connectivity index is 2.62. The molecule has 0 heterocycles. The predicted octanol–water partition coefficient (Wildman–Crippen LogP) is 1.51. The van der Waals surface area contributed by atoms with E-state index in [4.69, 9.17) is 11.5 Å². The minimum atomic E-state index is -0.446. The van der Waals surface area contributed by atoms with Crippen molar-refractivity contribution in [2.45, 2.75) is 26.3 Å². The van der Waals surface area contributed by atoms with Crippen LogP contribution in [0.5, 0.6) is 0 Å². The zero-order valence-electron chi connectivity index (χ0n) is 11.9. The number of nitrogens with zero attached hydrogens (tertiary/aromatic N) is 1. The number of benzene rings is 1. The summed E-state index contributed by atoms with van der Waals surface area (Å²) < 4.78 is 0. The molecule has 0 aromatic heterocycles. The molecule has 0 fully saturated rings. The molecule has 1 amide bonds. The van der Waals surface area contributed by atoms with Crippen LogP contribution in [0.1, 0.15) is 30.6 Å². The van der Waals surface area contributed by atoms with E-state index in [1.807, 2.05) is 0 Å². The van der Waals surface area contributed by atoms with Crippen molar-refractivity contribution >= 4 is 17.3 Å². The third-order valence-corrected chi connectivity index (χ3v) is 3.43. The molecule has 1 unspecified atom stereocenters. The van der Waals surface area contributed by atoms with E-state index in [1.165, 1.54) is 0 Å². The van der Waals surface area contributed by atoms with Gasteiger partial charge in [-0.25, -0.2) is 0 Å². The molecule has 1 atom stereocenters. The lowest BCUT2D eigenvalue weighted by Crippen LogP contribution is -2.33. The van der Waals surface area contributed by atoms with Gasteiger partial charge in [0, 0.05) is 30.5 Å². The molecule has 0 saturated heterocycles. The number of carbonyl (C=O) groups excluding carboxylic acids is 1. The summed E-state index contributed by atoms with van der Waals surface area (Å²) in [5.41, 5.74) is 12.8. The summed E-state index contributed by atoms with van der Waals surface area (Å²) >= 11 is 0. The number of amides is 1. The SMILES string of the molecule is CCC(C)N(C)CCNc1cc(N)ccc1C(N)=O. The van der Waals surface area contributed by atoms with E-state index in [-0.39, 0.29) is 0 Å². The van der Waals surface area contributed by atoms with Crippen molar-refractivity contribution in [3.8, 4) is 0 Å². The smallest absolute Gasteiger partial charge is 0.250 e. The van der Waals surface area contributed by atoms with Gasteiger partial charge in [0.05, 0.1) is 5.56 Å². The Hall–Kier alpha value is -1.75. The topological polar surface area (TPSA) is 84.4 Å². The zero-order valence-corrected chi connectivity index (χ0v) is 11.9. The van der Waals surface area contributed by atoms with Gasteiger partial charge >= 0.3 is 0 Å². The van der Waals surface area contributed by atoms with E-state index >= 15 is 0 Å². The number of nitrogen functional groups attached to an aromatic ring is 1. The summed E-state index contributed by atoms with van der Waals surface area (Å²) in [6, 6.07) is 5.61. The number of primary amides is 1. The van der Waals surface area contributed by atoms with Crippen molar-refractivity contribution < 1.29 is 4.79 Å². The van der Waals surface area contributed by atoms with E-state index in [9.17, 15) is 4.79 Å². The monoisotopic (exact) mass is 264 g/mol. The number of anilines is 2. The van der Waals surface area contributed by atoms with Gasteiger partial charge in [-0.3, -0.25) is 4.79 Å². The van der Waals surface area contributed by atoms with Crippen LogP contribution in [0.3, 0.4) is 0 Å². The highest BCUT2D eigenvalue weighted by molar-refractivity contribution is 5.99. The second-order valence-electron chi connectivity index (χ2n) is 4.83. The van der Waals surface area contributed by atoms with Crippen LogP contribution in [-0.2, 0) is 0 Å². The summed E-state index contributed by atoms with van der Waals surface area (Å²) in [5, 5.41) is 3.22. The summed E-state index contributed by atoms with van der Waals surface area (Å²) in [7, 11) is 2.09. The fraction of sp³-hybridized carbons (Fsp3) is 0.500. The van der Waals surface area contributed by atoms with E-state index in [0.717, 1.165) is 19.5 Å². The molecule has 0 radical (unpaired) electrons. The van der Waals surface area contributed by atoms with Gasteiger partial charge in [-0.2, -0.15) is 0 Å². The van der Waals surface area contributed by atoms with Crippen molar-refractivity contribution in [3.05, 3.63) is 23.8 Å². The Morgan fingerprint density at radius 1 is 1.47 bits per heavy atom. The second-order valence-corrected chi connectivity index (χ2v) is 4.83. The first kappa shape index (κ1) is 15.3. The molecule has 0 aliphatic heterocycles. The summed E-state index contributed by atoms with van der Waals surface area (Å²) in [6.45, 7) is 5.99.